The van der Waals surface area contributed by atoms with Gasteiger partial charge < -0.3 is 9.47 Å². The number of hydrogen-bond acceptors (Lipinski definition) is 3. The second-order valence-corrected chi connectivity index (χ2v) is 7.52. The third-order valence-electron chi connectivity index (χ3n) is 5.61. The number of rotatable bonds is 5. The largest absolute Gasteiger partial charge is 0.337 e. The topological polar surface area (TPSA) is 51.0 Å². The Morgan fingerprint density at radius 1 is 1.11 bits per heavy atom. The SMILES string of the molecule is Cn1ccnc1CN(CC1CCCCC1)C(=O)c1cccc2cccnc12. The van der Waals surface area contributed by atoms with E-state index in [0.717, 1.165) is 23.3 Å². The van der Waals surface area contributed by atoms with Crippen LogP contribution in [0.5, 0.6) is 0 Å². The molecule has 2 heterocycles. The number of amides is 1. The lowest BCUT2D eigenvalue weighted by atomic mass is 9.89. The number of aromatic nitrogens is 3. The fourth-order valence-electron chi connectivity index (χ4n) is 4.07. The van der Waals surface area contributed by atoms with E-state index in [2.05, 4.69) is 9.97 Å². The number of imidazole rings is 1. The van der Waals surface area contributed by atoms with Crippen molar-refractivity contribution in [3.63, 3.8) is 0 Å². The van der Waals surface area contributed by atoms with Gasteiger partial charge in [-0.2, -0.15) is 0 Å². The molecule has 4 rings (SSSR count). The van der Waals surface area contributed by atoms with Crippen molar-refractivity contribution in [1.82, 2.24) is 19.4 Å². The maximum absolute atomic E-state index is 13.5. The molecule has 5 heteroatoms. The van der Waals surface area contributed by atoms with Crippen LogP contribution in [0.15, 0.2) is 48.9 Å². The minimum Gasteiger partial charge on any atom is -0.337 e. The first-order valence-electron chi connectivity index (χ1n) is 9.81. The predicted molar refractivity (Wildman–Crippen MR) is 106 cm³/mol. The third kappa shape index (κ3) is 3.87. The van der Waals surface area contributed by atoms with E-state index in [1.54, 1.807) is 12.4 Å². The monoisotopic (exact) mass is 362 g/mol. The standard InChI is InChI=1S/C22H26N4O/c1-25-14-13-23-20(25)16-26(15-17-7-3-2-4-8-17)22(27)19-11-5-9-18-10-6-12-24-21(18)19/h5-6,9-14,17H,2-4,7-8,15-16H2,1H3. The molecule has 27 heavy (non-hydrogen) atoms. The van der Waals surface area contributed by atoms with E-state index in [1.165, 1.54) is 32.1 Å². The molecular weight excluding hydrogens is 336 g/mol. The van der Waals surface area contributed by atoms with Gasteiger partial charge in [0, 0.05) is 37.6 Å². The Hall–Kier alpha value is -2.69. The van der Waals surface area contributed by atoms with Crippen LogP contribution in [0.25, 0.3) is 10.9 Å². The van der Waals surface area contributed by atoms with Gasteiger partial charge in [-0.3, -0.25) is 9.78 Å². The summed E-state index contributed by atoms with van der Waals surface area (Å²) in [6, 6.07) is 9.75. The van der Waals surface area contributed by atoms with Gasteiger partial charge in [0.15, 0.2) is 0 Å². The summed E-state index contributed by atoms with van der Waals surface area (Å²) in [6.45, 7) is 1.32. The average Bonchev–Trinajstić information content (AvgIpc) is 3.12. The zero-order valence-electron chi connectivity index (χ0n) is 15.8. The number of benzene rings is 1. The van der Waals surface area contributed by atoms with Crippen molar-refractivity contribution < 1.29 is 4.79 Å². The number of fused-ring (bicyclic) bond motifs is 1. The molecular formula is C22H26N4O. The van der Waals surface area contributed by atoms with E-state index in [4.69, 9.17) is 0 Å². The van der Waals surface area contributed by atoms with Crippen molar-refractivity contribution in [3.8, 4) is 0 Å². The van der Waals surface area contributed by atoms with Crippen LogP contribution in [0.2, 0.25) is 0 Å². The van der Waals surface area contributed by atoms with Crippen molar-refractivity contribution in [2.75, 3.05) is 6.54 Å². The zero-order valence-corrected chi connectivity index (χ0v) is 15.8. The summed E-state index contributed by atoms with van der Waals surface area (Å²) in [4.78, 5) is 24.4. The van der Waals surface area contributed by atoms with Crippen LogP contribution < -0.4 is 0 Å². The van der Waals surface area contributed by atoms with Crippen LogP contribution in [-0.2, 0) is 13.6 Å². The summed E-state index contributed by atoms with van der Waals surface area (Å²) in [5.41, 5.74) is 1.46. The quantitative estimate of drug-likeness (QED) is 0.684. The van der Waals surface area contributed by atoms with E-state index in [9.17, 15) is 4.79 Å². The molecule has 1 saturated carbocycles. The maximum atomic E-state index is 13.5. The fraction of sp³-hybridized carbons (Fsp3) is 0.409. The van der Waals surface area contributed by atoms with Gasteiger partial charge in [0.05, 0.1) is 17.6 Å². The van der Waals surface area contributed by atoms with Gasteiger partial charge in [-0.25, -0.2) is 4.98 Å². The van der Waals surface area contributed by atoms with E-state index in [-0.39, 0.29) is 5.91 Å². The summed E-state index contributed by atoms with van der Waals surface area (Å²) >= 11 is 0. The van der Waals surface area contributed by atoms with Crippen LogP contribution in [0.3, 0.4) is 0 Å². The molecule has 0 bridgehead atoms. The Kier molecular flexibility index (Phi) is 5.19. The zero-order chi connectivity index (χ0) is 18.6. The van der Waals surface area contributed by atoms with Gasteiger partial charge in [0.1, 0.15) is 5.82 Å². The molecule has 0 saturated heterocycles. The molecule has 1 amide bonds. The molecule has 2 aromatic heterocycles. The highest BCUT2D eigenvalue weighted by Gasteiger charge is 2.24. The van der Waals surface area contributed by atoms with Crippen molar-refractivity contribution in [3.05, 3.63) is 60.3 Å². The lowest BCUT2D eigenvalue weighted by Gasteiger charge is -2.30. The molecule has 0 aliphatic heterocycles. The first kappa shape index (κ1) is 17.7. The number of carbonyl (C=O) groups is 1. The first-order valence-corrected chi connectivity index (χ1v) is 9.81. The van der Waals surface area contributed by atoms with Gasteiger partial charge in [0.25, 0.3) is 5.91 Å². The van der Waals surface area contributed by atoms with Crippen LogP contribution in [-0.4, -0.2) is 31.9 Å². The summed E-state index contributed by atoms with van der Waals surface area (Å²) < 4.78 is 1.99. The molecule has 1 aliphatic carbocycles. The normalized spacial score (nSPS) is 15.1. The molecule has 5 nitrogen and oxygen atoms in total. The van der Waals surface area contributed by atoms with Gasteiger partial charge in [-0.15, -0.1) is 0 Å². The summed E-state index contributed by atoms with van der Waals surface area (Å²) in [6.07, 6.45) is 11.7. The number of nitrogens with zero attached hydrogens (tertiary/aromatic N) is 4. The molecule has 0 spiro atoms. The third-order valence-corrected chi connectivity index (χ3v) is 5.61. The molecule has 3 aromatic rings. The number of carbonyl (C=O) groups excluding carboxylic acids is 1. The highest BCUT2D eigenvalue weighted by molar-refractivity contribution is 6.05. The smallest absolute Gasteiger partial charge is 0.256 e. The Morgan fingerprint density at radius 3 is 2.70 bits per heavy atom. The lowest BCUT2D eigenvalue weighted by molar-refractivity contribution is 0.0694. The predicted octanol–water partition coefficient (Wildman–Crippen LogP) is 4.19. The summed E-state index contributed by atoms with van der Waals surface area (Å²) in [5, 5.41) is 0.998. The molecule has 0 radical (unpaired) electrons. The Morgan fingerprint density at radius 2 is 1.93 bits per heavy atom. The fourth-order valence-corrected chi connectivity index (χ4v) is 4.07. The van der Waals surface area contributed by atoms with E-state index < -0.39 is 0 Å². The Balaban J connectivity index is 1.65. The van der Waals surface area contributed by atoms with Crippen LogP contribution in [0.4, 0.5) is 0 Å². The van der Waals surface area contributed by atoms with Gasteiger partial charge >= 0.3 is 0 Å². The number of para-hydroxylation sites is 1. The van der Waals surface area contributed by atoms with E-state index in [0.29, 0.717) is 18.0 Å². The van der Waals surface area contributed by atoms with Crippen LogP contribution in [0.1, 0.15) is 48.3 Å². The highest BCUT2D eigenvalue weighted by Crippen LogP contribution is 2.26. The molecule has 0 N–H and O–H groups in total. The van der Waals surface area contributed by atoms with Crippen LogP contribution >= 0.6 is 0 Å². The molecule has 140 valence electrons. The van der Waals surface area contributed by atoms with Crippen molar-refractivity contribution in [2.45, 2.75) is 38.6 Å². The Bertz CT molecular complexity index is 921. The highest BCUT2D eigenvalue weighted by atomic mass is 16.2. The number of hydrogen-bond donors (Lipinski definition) is 0. The van der Waals surface area contributed by atoms with Crippen molar-refractivity contribution in [1.29, 1.82) is 0 Å². The first-order chi connectivity index (χ1) is 13.2. The minimum atomic E-state index is 0.0490. The maximum Gasteiger partial charge on any atom is 0.256 e. The molecule has 0 atom stereocenters. The molecule has 1 aliphatic rings. The van der Waals surface area contributed by atoms with E-state index >= 15 is 0 Å². The second kappa shape index (κ2) is 7.91. The van der Waals surface area contributed by atoms with Gasteiger partial charge in [0.2, 0.25) is 0 Å². The van der Waals surface area contributed by atoms with Gasteiger partial charge in [-0.05, 0) is 30.9 Å². The van der Waals surface area contributed by atoms with Crippen molar-refractivity contribution >= 4 is 16.8 Å². The number of aryl methyl sites for hydroxylation is 1. The van der Waals surface area contributed by atoms with Gasteiger partial charge in [-0.1, -0.05) is 37.5 Å². The minimum absolute atomic E-state index is 0.0490. The van der Waals surface area contributed by atoms with Crippen LogP contribution in [0, 0.1) is 5.92 Å². The Labute approximate surface area is 160 Å². The molecule has 1 aromatic carbocycles. The molecule has 0 unspecified atom stereocenters. The average molecular weight is 362 g/mol. The second-order valence-electron chi connectivity index (χ2n) is 7.52. The lowest BCUT2D eigenvalue weighted by Crippen LogP contribution is -2.36. The summed E-state index contributed by atoms with van der Waals surface area (Å²) in [5.74, 6) is 1.53. The summed E-state index contributed by atoms with van der Waals surface area (Å²) in [7, 11) is 1.98. The van der Waals surface area contributed by atoms with E-state index in [1.807, 2.05) is 53.0 Å². The number of pyridine rings is 1. The molecule has 1 fully saturated rings. The van der Waals surface area contributed by atoms with Crippen molar-refractivity contribution in [2.24, 2.45) is 13.0 Å².